The summed E-state index contributed by atoms with van der Waals surface area (Å²) in [6, 6.07) is -1.18. The van der Waals surface area contributed by atoms with Crippen molar-refractivity contribution in [1.29, 1.82) is 0 Å². The number of amides is 1. The van der Waals surface area contributed by atoms with Crippen LogP contribution in [-0.2, 0) is 4.79 Å². The predicted molar refractivity (Wildman–Crippen MR) is 48.7 cm³/mol. The van der Waals surface area contributed by atoms with Crippen molar-refractivity contribution in [3.05, 3.63) is 0 Å². The van der Waals surface area contributed by atoms with Crippen LogP contribution in [-0.4, -0.2) is 67.7 Å². The molecule has 0 saturated carbocycles. The number of rotatable bonds is 0. The zero-order valence-corrected chi connectivity index (χ0v) is 8.32. The molecule has 0 aromatic rings. The summed E-state index contributed by atoms with van der Waals surface area (Å²) in [6.07, 6.45) is -4.67. The minimum Gasteiger partial charge on any atom is -0.388 e. The Morgan fingerprint density at radius 2 is 1.73 bits per heavy atom. The van der Waals surface area contributed by atoms with E-state index in [1.165, 1.54) is 4.90 Å². The molecule has 0 bridgehead atoms. The van der Waals surface area contributed by atoms with Crippen LogP contribution in [0, 0.1) is 0 Å². The Bertz CT molecular complexity index is 284. The van der Waals surface area contributed by atoms with Crippen LogP contribution in [0.15, 0.2) is 0 Å². The van der Waals surface area contributed by atoms with E-state index in [2.05, 4.69) is 0 Å². The second kappa shape index (κ2) is 3.41. The summed E-state index contributed by atoms with van der Waals surface area (Å²) in [6.45, 7) is 1.59. The summed E-state index contributed by atoms with van der Waals surface area (Å²) >= 11 is 0. The van der Waals surface area contributed by atoms with E-state index >= 15 is 0 Å². The highest BCUT2D eigenvalue weighted by Gasteiger charge is 2.53. The molecule has 0 aromatic heterocycles. The summed E-state index contributed by atoms with van der Waals surface area (Å²) in [5, 5.41) is 38.1. The third-order valence-corrected chi connectivity index (χ3v) is 3.39. The minimum atomic E-state index is -1.26. The smallest absolute Gasteiger partial charge is 0.252 e. The summed E-state index contributed by atoms with van der Waals surface area (Å²) in [7, 11) is 0. The maximum atomic E-state index is 11.5. The van der Waals surface area contributed by atoms with Gasteiger partial charge in [-0.1, -0.05) is 0 Å². The number of piperidine rings is 1. The van der Waals surface area contributed by atoms with Crippen LogP contribution >= 0.6 is 0 Å². The molecule has 0 radical (unpaired) electrons. The molecule has 0 aliphatic carbocycles. The van der Waals surface area contributed by atoms with Crippen molar-refractivity contribution >= 4 is 5.91 Å². The van der Waals surface area contributed by atoms with E-state index in [1.807, 2.05) is 0 Å². The Balaban J connectivity index is 2.30. The Morgan fingerprint density at radius 3 is 2.33 bits per heavy atom. The number of nitrogens with zero attached hydrogens (tertiary/aromatic N) is 1. The molecular weight excluding hydrogens is 202 g/mol. The lowest BCUT2D eigenvalue weighted by Crippen LogP contribution is -2.64. The van der Waals surface area contributed by atoms with Crippen molar-refractivity contribution in [2.75, 3.05) is 0 Å². The largest absolute Gasteiger partial charge is 0.388 e. The van der Waals surface area contributed by atoms with Crippen molar-refractivity contribution in [2.45, 2.75) is 49.8 Å². The monoisotopic (exact) mass is 217 g/mol. The first-order valence-corrected chi connectivity index (χ1v) is 4.99. The van der Waals surface area contributed by atoms with Gasteiger partial charge in [-0.05, 0) is 6.92 Å². The molecule has 4 N–H and O–H groups in total. The summed E-state index contributed by atoms with van der Waals surface area (Å²) in [5.74, 6) is -0.488. The number of fused-ring (bicyclic) bond motifs is 1. The highest BCUT2D eigenvalue weighted by Crippen LogP contribution is 2.32. The SMILES string of the molecule is CC1C(O)C(O)C(O)C2CC(O)C(=O)N12. The number of hydrogen-bond donors (Lipinski definition) is 4. The fraction of sp³-hybridized carbons (Fsp3) is 0.889. The molecule has 2 rings (SSSR count). The first-order chi connectivity index (χ1) is 6.95. The molecule has 15 heavy (non-hydrogen) atoms. The van der Waals surface area contributed by atoms with E-state index in [-0.39, 0.29) is 6.42 Å². The number of aliphatic hydroxyl groups excluding tert-OH is 4. The van der Waals surface area contributed by atoms with Gasteiger partial charge in [0.05, 0.1) is 12.1 Å². The predicted octanol–water partition coefficient (Wildman–Crippen LogP) is -2.57. The van der Waals surface area contributed by atoms with Gasteiger partial charge in [-0.25, -0.2) is 0 Å². The van der Waals surface area contributed by atoms with E-state index < -0.39 is 42.4 Å². The van der Waals surface area contributed by atoms with Gasteiger partial charge >= 0.3 is 0 Å². The molecule has 6 atom stereocenters. The molecule has 0 aromatic carbocycles. The summed E-state index contributed by atoms with van der Waals surface area (Å²) < 4.78 is 0. The Kier molecular flexibility index (Phi) is 2.46. The number of hydrogen-bond acceptors (Lipinski definition) is 5. The van der Waals surface area contributed by atoms with Gasteiger partial charge < -0.3 is 25.3 Å². The van der Waals surface area contributed by atoms with Crippen molar-refractivity contribution < 1.29 is 25.2 Å². The fourth-order valence-electron chi connectivity index (χ4n) is 2.46. The van der Waals surface area contributed by atoms with Gasteiger partial charge in [-0.2, -0.15) is 0 Å². The Morgan fingerprint density at radius 1 is 1.13 bits per heavy atom. The van der Waals surface area contributed by atoms with Crippen LogP contribution < -0.4 is 0 Å². The molecule has 2 aliphatic rings. The molecule has 2 fully saturated rings. The van der Waals surface area contributed by atoms with Gasteiger partial charge in [0.1, 0.15) is 24.4 Å². The van der Waals surface area contributed by atoms with Gasteiger partial charge in [0.25, 0.3) is 5.91 Å². The number of carbonyl (C=O) groups is 1. The van der Waals surface area contributed by atoms with Crippen LogP contribution in [0.1, 0.15) is 13.3 Å². The molecule has 6 unspecified atom stereocenters. The average molecular weight is 217 g/mol. The van der Waals surface area contributed by atoms with Crippen LogP contribution in [0.4, 0.5) is 0 Å². The normalized spacial score (nSPS) is 50.7. The molecule has 1 amide bonds. The highest BCUT2D eigenvalue weighted by atomic mass is 16.4. The molecule has 0 spiro atoms. The van der Waals surface area contributed by atoms with Crippen molar-refractivity contribution in [3.63, 3.8) is 0 Å². The maximum absolute atomic E-state index is 11.5. The zero-order valence-electron chi connectivity index (χ0n) is 8.32. The van der Waals surface area contributed by atoms with Crippen LogP contribution in [0.5, 0.6) is 0 Å². The van der Waals surface area contributed by atoms with Crippen molar-refractivity contribution in [2.24, 2.45) is 0 Å². The second-order valence-corrected chi connectivity index (χ2v) is 4.28. The summed E-state index contributed by atoms with van der Waals surface area (Å²) in [4.78, 5) is 12.8. The van der Waals surface area contributed by atoms with Gasteiger partial charge in [0.15, 0.2) is 0 Å². The lowest BCUT2D eigenvalue weighted by molar-refractivity contribution is -0.166. The molecule has 2 saturated heterocycles. The van der Waals surface area contributed by atoms with E-state index in [1.54, 1.807) is 6.92 Å². The molecule has 6 nitrogen and oxygen atoms in total. The van der Waals surface area contributed by atoms with E-state index in [0.29, 0.717) is 0 Å². The van der Waals surface area contributed by atoms with Crippen LogP contribution in [0.2, 0.25) is 0 Å². The van der Waals surface area contributed by atoms with Crippen molar-refractivity contribution in [3.8, 4) is 0 Å². The minimum absolute atomic E-state index is 0.105. The fourth-order valence-corrected chi connectivity index (χ4v) is 2.46. The summed E-state index contributed by atoms with van der Waals surface area (Å²) in [5.41, 5.74) is 0. The Labute approximate surface area is 86.7 Å². The molecule has 86 valence electrons. The van der Waals surface area contributed by atoms with E-state index in [9.17, 15) is 25.2 Å². The van der Waals surface area contributed by atoms with Crippen LogP contribution in [0.3, 0.4) is 0 Å². The molecule has 6 heteroatoms. The lowest BCUT2D eigenvalue weighted by atomic mass is 9.89. The van der Waals surface area contributed by atoms with Crippen LogP contribution in [0.25, 0.3) is 0 Å². The average Bonchev–Trinajstić information content (AvgIpc) is 2.50. The third-order valence-electron chi connectivity index (χ3n) is 3.39. The quantitative estimate of drug-likeness (QED) is 0.357. The zero-order chi connectivity index (χ0) is 11.3. The Hall–Kier alpha value is -0.690. The van der Waals surface area contributed by atoms with E-state index in [0.717, 1.165) is 0 Å². The van der Waals surface area contributed by atoms with E-state index in [4.69, 9.17) is 0 Å². The maximum Gasteiger partial charge on any atom is 0.252 e. The molecular formula is C9H15NO5. The van der Waals surface area contributed by atoms with Gasteiger partial charge in [-0.3, -0.25) is 4.79 Å². The third kappa shape index (κ3) is 1.37. The van der Waals surface area contributed by atoms with Gasteiger partial charge in [0.2, 0.25) is 0 Å². The first-order valence-electron chi connectivity index (χ1n) is 4.99. The first kappa shape index (κ1) is 10.8. The highest BCUT2D eigenvalue weighted by molar-refractivity contribution is 5.84. The van der Waals surface area contributed by atoms with Gasteiger partial charge in [-0.15, -0.1) is 0 Å². The molecule has 2 heterocycles. The van der Waals surface area contributed by atoms with Crippen molar-refractivity contribution in [1.82, 2.24) is 4.90 Å². The van der Waals surface area contributed by atoms with Gasteiger partial charge in [0, 0.05) is 6.42 Å². The standard InChI is InChI=1S/C9H15NO5/c1-3-6(12)8(14)7(13)4-2-5(11)9(15)10(3)4/h3-8,11-14H,2H2,1H3. The second-order valence-electron chi connectivity index (χ2n) is 4.28. The lowest BCUT2D eigenvalue weighted by Gasteiger charge is -2.44. The number of carbonyl (C=O) groups excluding carboxylic acids is 1. The topological polar surface area (TPSA) is 101 Å². The molecule has 2 aliphatic heterocycles. The number of aliphatic hydroxyl groups is 4.